The van der Waals surface area contributed by atoms with Gasteiger partial charge in [0.1, 0.15) is 5.75 Å². The minimum absolute atomic E-state index is 0.371. The van der Waals surface area contributed by atoms with Crippen LogP contribution in [0.5, 0.6) is 5.75 Å². The molecule has 0 aliphatic heterocycles. The zero-order valence-electron chi connectivity index (χ0n) is 15.9. The third-order valence-electron chi connectivity index (χ3n) is 4.79. The largest absolute Gasteiger partial charge is 0.490 e. The first kappa shape index (κ1) is 19.5. The third kappa shape index (κ3) is 5.63. The lowest BCUT2D eigenvalue weighted by atomic mass is 10.2. The van der Waals surface area contributed by atoms with Crippen molar-refractivity contribution in [1.29, 1.82) is 0 Å². The minimum Gasteiger partial charge on any atom is -0.490 e. The van der Waals surface area contributed by atoms with Crippen molar-refractivity contribution in [1.82, 2.24) is 0 Å². The normalized spacial score (nSPS) is 15.1. The summed E-state index contributed by atoms with van der Waals surface area (Å²) in [7, 11) is -3.31. The van der Waals surface area contributed by atoms with Gasteiger partial charge in [0.15, 0.2) is 0 Å². The Morgan fingerprint density at radius 1 is 0.963 bits per heavy atom. The van der Waals surface area contributed by atoms with Crippen LogP contribution in [0.2, 0.25) is 0 Å². The van der Waals surface area contributed by atoms with Crippen LogP contribution in [0.15, 0.2) is 48.5 Å². The van der Waals surface area contributed by atoms with Gasteiger partial charge in [0.2, 0.25) is 10.0 Å². The summed E-state index contributed by atoms with van der Waals surface area (Å²) in [5.41, 5.74) is 2.69. The number of nitrogens with one attached hydrogen (secondary N) is 2. The van der Waals surface area contributed by atoms with Crippen molar-refractivity contribution >= 4 is 21.4 Å². The van der Waals surface area contributed by atoms with Crippen LogP contribution < -0.4 is 14.8 Å². The summed E-state index contributed by atoms with van der Waals surface area (Å²) in [6, 6.07) is 15.5. The van der Waals surface area contributed by atoms with Gasteiger partial charge < -0.3 is 10.1 Å². The van der Waals surface area contributed by atoms with Crippen molar-refractivity contribution in [3.8, 4) is 5.75 Å². The van der Waals surface area contributed by atoms with Crippen molar-refractivity contribution in [2.45, 2.75) is 57.4 Å². The lowest BCUT2D eigenvalue weighted by molar-refractivity contribution is 0.210. The Bertz CT molecular complexity index is 825. The summed E-state index contributed by atoms with van der Waals surface area (Å²) in [6.45, 7) is 3.98. The van der Waals surface area contributed by atoms with Gasteiger partial charge in [0.05, 0.1) is 11.4 Å². The Morgan fingerprint density at radius 2 is 1.56 bits per heavy atom. The van der Waals surface area contributed by atoms with E-state index in [0.29, 0.717) is 18.3 Å². The number of benzene rings is 2. The third-order valence-corrected chi connectivity index (χ3v) is 6.55. The van der Waals surface area contributed by atoms with Gasteiger partial charge >= 0.3 is 0 Å². The molecule has 1 saturated carbocycles. The van der Waals surface area contributed by atoms with E-state index in [9.17, 15) is 8.42 Å². The average molecular weight is 389 g/mol. The summed E-state index contributed by atoms with van der Waals surface area (Å²) in [5.74, 6) is 0.925. The highest BCUT2D eigenvalue weighted by Crippen LogP contribution is 2.25. The highest BCUT2D eigenvalue weighted by atomic mass is 32.2. The molecule has 1 aliphatic rings. The fourth-order valence-electron chi connectivity index (χ4n) is 3.03. The van der Waals surface area contributed by atoms with E-state index in [0.717, 1.165) is 29.8 Å². The van der Waals surface area contributed by atoms with Crippen molar-refractivity contribution in [3.63, 3.8) is 0 Å². The Hall–Kier alpha value is -2.21. The molecule has 2 aromatic rings. The van der Waals surface area contributed by atoms with Gasteiger partial charge in [-0.25, -0.2) is 8.42 Å². The van der Waals surface area contributed by atoms with Crippen LogP contribution in [0, 0.1) is 0 Å². The van der Waals surface area contributed by atoms with Crippen LogP contribution in [-0.4, -0.2) is 19.8 Å². The fraction of sp³-hybridized carbons (Fsp3) is 0.429. The predicted molar refractivity (Wildman–Crippen MR) is 111 cm³/mol. The van der Waals surface area contributed by atoms with Gasteiger partial charge in [-0.15, -0.1) is 0 Å². The molecule has 2 aromatic carbocycles. The van der Waals surface area contributed by atoms with E-state index in [2.05, 4.69) is 10.0 Å². The highest BCUT2D eigenvalue weighted by Gasteiger charge is 2.16. The molecule has 27 heavy (non-hydrogen) atoms. The van der Waals surface area contributed by atoms with Crippen LogP contribution in [0.3, 0.4) is 0 Å². The molecule has 0 aromatic heterocycles. The molecule has 1 aliphatic carbocycles. The van der Waals surface area contributed by atoms with E-state index in [1.165, 1.54) is 12.8 Å². The quantitative estimate of drug-likeness (QED) is 0.683. The molecule has 146 valence electrons. The maximum absolute atomic E-state index is 11.9. The number of anilines is 2. The number of hydrogen-bond donors (Lipinski definition) is 2. The van der Waals surface area contributed by atoms with Crippen molar-refractivity contribution in [2.75, 3.05) is 10.0 Å². The van der Waals surface area contributed by atoms with Gasteiger partial charge in [-0.1, -0.05) is 12.1 Å². The van der Waals surface area contributed by atoms with E-state index >= 15 is 0 Å². The molecule has 0 heterocycles. The molecule has 0 saturated heterocycles. The zero-order valence-corrected chi connectivity index (χ0v) is 16.8. The summed E-state index contributed by atoms with van der Waals surface area (Å²) < 4.78 is 32.4. The van der Waals surface area contributed by atoms with Gasteiger partial charge in [-0.05, 0) is 81.5 Å². The van der Waals surface area contributed by atoms with E-state index in [1.54, 1.807) is 26.0 Å². The first-order valence-electron chi connectivity index (χ1n) is 9.53. The lowest BCUT2D eigenvalue weighted by Crippen LogP contribution is -2.22. The molecule has 6 heteroatoms. The van der Waals surface area contributed by atoms with Crippen LogP contribution in [0.4, 0.5) is 11.4 Å². The van der Waals surface area contributed by atoms with E-state index in [-0.39, 0.29) is 0 Å². The standard InChI is InChI=1S/C21H28N2O3S/c1-16(2)27(24,25)23-19-9-7-17(8-10-19)15-22-18-11-13-21(14-12-18)26-20-5-3-4-6-20/h7-14,16,20,22-23H,3-6,15H2,1-2H3. The SMILES string of the molecule is CC(C)S(=O)(=O)Nc1ccc(CNc2ccc(OC3CCCC3)cc2)cc1. The number of hydrogen-bond acceptors (Lipinski definition) is 4. The fourth-order valence-corrected chi connectivity index (χ4v) is 3.73. The van der Waals surface area contributed by atoms with E-state index in [1.807, 2.05) is 36.4 Å². The van der Waals surface area contributed by atoms with Crippen molar-refractivity contribution in [3.05, 3.63) is 54.1 Å². The minimum atomic E-state index is -3.31. The second-order valence-electron chi connectivity index (χ2n) is 7.29. The van der Waals surface area contributed by atoms with E-state index < -0.39 is 15.3 Å². The highest BCUT2D eigenvalue weighted by molar-refractivity contribution is 7.93. The van der Waals surface area contributed by atoms with Gasteiger partial charge in [0, 0.05) is 17.9 Å². The van der Waals surface area contributed by atoms with Crippen molar-refractivity contribution < 1.29 is 13.2 Å². The Morgan fingerprint density at radius 3 is 2.15 bits per heavy atom. The van der Waals surface area contributed by atoms with Gasteiger partial charge in [-0.2, -0.15) is 0 Å². The molecule has 0 spiro atoms. The molecule has 0 unspecified atom stereocenters. The second-order valence-corrected chi connectivity index (χ2v) is 9.53. The average Bonchev–Trinajstić information content (AvgIpc) is 3.15. The van der Waals surface area contributed by atoms with Crippen molar-refractivity contribution in [2.24, 2.45) is 0 Å². The smallest absolute Gasteiger partial charge is 0.235 e. The van der Waals surface area contributed by atoms with E-state index in [4.69, 9.17) is 4.74 Å². The first-order valence-corrected chi connectivity index (χ1v) is 11.1. The molecule has 0 radical (unpaired) electrons. The molecule has 2 N–H and O–H groups in total. The first-order chi connectivity index (χ1) is 12.9. The van der Waals surface area contributed by atoms with Gasteiger partial charge in [-0.3, -0.25) is 4.72 Å². The van der Waals surface area contributed by atoms with Crippen LogP contribution >= 0.6 is 0 Å². The zero-order chi connectivity index (χ0) is 19.3. The number of sulfonamides is 1. The summed E-state index contributed by atoms with van der Waals surface area (Å²) in [6.07, 6.45) is 5.21. The molecule has 0 amide bonds. The molecule has 0 bridgehead atoms. The molecular weight excluding hydrogens is 360 g/mol. The maximum Gasteiger partial charge on any atom is 0.235 e. The molecule has 1 fully saturated rings. The summed E-state index contributed by atoms with van der Waals surface area (Å²) in [4.78, 5) is 0. The monoisotopic (exact) mass is 388 g/mol. The van der Waals surface area contributed by atoms with Crippen LogP contribution in [0.25, 0.3) is 0 Å². The molecule has 0 atom stereocenters. The van der Waals surface area contributed by atoms with Crippen LogP contribution in [0.1, 0.15) is 45.1 Å². The van der Waals surface area contributed by atoms with Gasteiger partial charge in [0.25, 0.3) is 0 Å². The molecular formula is C21H28N2O3S. The molecule has 3 rings (SSSR count). The topological polar surface area (TPSA) is 67.4 Å². The number of rotatable bonds is 8. The lowest BCUT2D eigenvalue weighted by Gasteiger charge is -2.14. The Kier molecular flexibility index (Phi) is 6.26. The second kappa shape index (κ2) is 8.65. The summed E-state index contributed by atoms with van der Waals surface area (Å²) >= 11 is 0. The Balaban J connectivity index is 1.51. The predicted octanol–water partition coefficient (Wildman–Crippen LogP) is 4.77. The number of ether oxygens (including phenoxy) is 1. The summed E-state index contributed by atoms with van der Waals surface area (Å²) in [5, 5.41) is 2.91. The Labute approximate surface area is 162 Å². The van der Waals surface area contributed by atoms with Crippen LogP contribution in [-0.2, 0) is 16.6 Å². The maximum atomic E-state index is 11.9. The molecule has 5 nitrogen and oxygen atoms in total.